The lowest BCUT2D eigenvalue weighted by atomic mass is 10.1. The smallest absolute Gasteiger partial charge is 0.387 e. The van der Waals surface area contributed by atoms with Gasteiger partial charge >= 0.3 is 6.61 Å². The van der Waals surface area contributed by atoms with Gasteiger partial charge in [0.2, 0.25) is 0 Å². The third kappa shape index (κ3) is 3.49. The van der Waals surface area contributed by atoms with Crippen molar-refractivity contribution in [1.82, 2.24) is 0 Å². The van der Waals surface area contributed by atoms with Crippen molar-refractivity contribution in [3.63, 3.8) is 0 Å². The number of rotatable bonds is 6. The van der Waals surface area contributed by atoms with E-state index in [2.05, 4.69) is 4.74 Å². The maximum atomic E-state index is 12.0. The molecule has 0 atom stereocenters. The summed E-state index contributed by atoms with van der Waals surface area (Å²) in [6, 6.07) is 4.62. The van der Waals surface area contributed by atoms with E-state index < -0.39 is 6.61 Å². The Morgan fingerprint density at radius 2 is 2.12 bits per heavy atom. The maximum absolute atomic E-state index is 12.0. The SMILES string of the molecule is COc1cc(CCC=O)ccc1OC(F)F. The summed E-state index contributed by atoms with van der Waals surface area (Å²) >= 11 is 0. The van der Waals surface area contributed by atoms with Crippen molar-refractivity contribution in [1.29, 1.82) is 0 Å². The summed E-state index contributed by atoms with van der Waals surface area (Å²) in [5, 5.41) is 0. The summed E-state index contributed by atoms with van der Waals surface area (Å²) in [5.74, 6) is 0.232. The van der Waals surface area contributed by atoms with Crippen LogP contribution in [0.25, 0.3) is 0 Å². The Labute approximate surface area is 92.0 Å². The number of alkyl halides is 2. The first-order valence-electron chi connectivity index (χ1n) is 4.72. The van der Waals surface area contributed by atoms with E-state index in [4.69, 9.17) is 4.74 Å². The molecule has 0 N–H and O–H groups in total. The molecule has 1 aromatic rings. The van der Waals surface area contributed by atoms with Gasteiger partial charge in [0.15, 0.2) is 11.5 Å². The first-order chi connectivity index (χ1) is 7.67. The number of aldehydes is 1. The third-order valence-corrected chi connectivity index (χ3v) is 1.99. The van der Waals surface area contributed by atoms with Crippen LogP contribution in [0.2, 0.25) is 0 Å². The Hall–Kier alpha value is -1.65. The lowest BCUT2D eigenvalue weighted by Crippen LogP contribution is -2.03. The molecule has 0 fully saturated rings. The molecule has 0 saturated carbocycles. The number of aryl methyl sites for hydroxylation is 1. The third-order valence-electron chi connectivity index (χ3n) is 1.99. The summed E-state index contributed by atoms with van der Waals surface area (Å²) in [7, 11) is 1.37. The number of hydrogen-bond donors (Lipinski definition) is 0. The van der Waals surface area contributed by atoms with E-state index in [1.807, 2.05) is 0 Å². The van der Waals surface area contributed by atoms with E-state index in [1.54, 1.807) is 12.1 Å². The van der Waals surface area contributed by atoms with Gasteiger partial charge in [-0.2, -0.15) is 8.78 Å². The highest BCUT2D eigenvalue weighted by molar-refractivity contribution is 5.51. The highest BCUT2D eigenvalue weighted by Crippen LogP contribution is 2.29. The molecule has 5 heteroatoms. The van der Waals surface area contributed by atoms with Gasteiger partial charge in [0.05, 0.1) is 7.11 Å². The standard InChI is InChI=1S/C11H12F2O3/c1-15-10-7-8(3-2-6-14)4-5-9(10)16-11(12)13/h4-7,11H,2-3H2,1H3. The van der Waals surface area contributed by atoms with Crippen molar-refractivity contribution in [2.45, 2.75) is 19.5 Å². The number of carbonyl (C=O) groups excluding carboxylic acids is 1. The monoisotopic (exact) mass is 230 g/mol. The van der Waals surface area contributed by atoms with Gasteiger partial charge in [-0.15, -0.1) is 0 Å². The molecule has 0 amide bonds. The minimum absolute atomic E-state index is 0.00708. The average Bonchev–Trinajstić information content (AvgIpc) is 2.27. The van der Waals surface area contributed by atoms with E-state index >= 15 is 0 Å². The molecule has 0 unspecified atom stereocenters. The second-order valence-electron chi connectivity index (χ2n) is 3.07. The molecule has 3 nitrogen and oxygen atoms in total. The quantitative estimate of drug-likeness (QED) is 0.704. The fraction of sp³-hybridized carbons (Fsp3) is 0.364. The minimum atomic E-state index is -2.88. The van der Waals surface area contributed by atoms with Crippen LogP contribution in [0.1, 0.15) is 12.0 Å². The minimum Gasteiger partial charge on any atom is -0.493 e. The molecule has 0 spiro atoms. The maximum Gasteiger partial charge on any atom is 0.387 e. The van der Waals surface area contributed by atoms with Crippen molar-refractivity contribution < 1.29 is 23.0 Å². The normalized spacial score (nSPS) is 10.2. The molecule has 0 heterocycles. The molecule has 0 bridgehead atoms. The molecule has 0 aliphatic heterocycles. The molecule has 1 aromatic carbocycles. The summed E-state index contributed by atoms with van der Waals surface area (Å²) in [6.07, 6.45) is 1.74. The molecule has 16 heavy (non-hydrogen) atoms. The van der Waals surface area contributed by atoms with Crippen LogP contribution in [-0.2, 0) is 11.2 Å². The van der Waals surface area contributed by atoms with Gasteiger partial charge in [-0.3, -0.25) is 0 Å². The lowest BCUT2D eigenvalue weighted by Gasteiger charge is -2.10. The number of hydrogen-bond acceptors (Lipinski definition) is 3. The number of benzene rings is 1. The molecule has 1 rings (SSSR count). The first kappa shape index (κ1) is 12.4. The van der Waals surface area contributed by atoms with Gasteiger partial charge < -0.3 is 14.3 Å². The zero-order valence-electron chi connectivity index (χ0n) is 8.78. The zero-order valence-corrected chi connectivity index (χ0v) is 8.78. The van der Waals surface area contributed by atoms with Crippen LogP contribution in [0.5, 0.6) is 11.5 Å². The summed E-state index contributed by atoms with van der Waals surface area (Å²) in [5.41, 5.74) is 0.838. The lowest BCUT2D eigenvalue weighted by molar-refractivity contribution is -0.107. The summed E-state index contributed by atoms with van der Waals surface area (Å²) < 4.78 is 33.2. The second-order valence-corrected chi connectivity index (χ2v) is 3.07. The van der Waals surface area contributed by atoms with Gasteiger partial charge in [-0.1, -0.05) is 6.07 Å². The van der Waals surface area contributed by atoms with E-state index in [0.29, 0.717) is 12.8 Å². The first-order valence-corrected chi connectivity index (χ1v) is 4.72. The van der Waals surface area contributed by atoms with Crippen LogP contribution in [0.15, 0.2) is 18.2 Å². The molecule has 0 saturated heterocycles. The number of halogens is 2. The van der Waals surface area contributed by atoms with Crippen LogP contribution in [-0.4, -0.2) is 20.0 Å². The van der Waals surface area contributed by atoms with Crippen LogP contribution < -0.4 is 9.47 Å². The van der Waals surface area contributed by atoms with Crippen molar-refractivity contribution in [3.8, 4) is 11.5 Å². The van der Waals surface area contributed by atoms with Crippen molar-refractivity contribution in [2.75, 3.05) is 7.11 Å². The topological polar surface area (TPSA) is 35.5 Å². The Morgan fingerprint density at radius 3 is 2.69 bits per heavy atom. The van der Waals surface area contributed by atoms with E-state index in [0.717, 1.165) is 11.8 Å². The van der Waals surface area contributed by atoms with Gasteiger partial charge in [0, 0.05) is 6.42 Å². The molecular weight excluding hydrogens is 218 g/mol. The van der Waals surface area contributed by atoms with Crippen molar-refractivity contribution >= 4 is 6.29 Å². The van der Waals surface area contributed by atoms with E-state index in [1.165, 1.54) is 13.2 Å². The Balaban J connectivity index is 2.83. The van der Waals surface area contributed by atoms with Crippen molar-refractivity contribution in [2.24, 2.45) is 0 Å². The molecular formula is C11H12F2O3. The van der Waals surface area contributed by atoms with Crippen LogP contribution in [0.4, 0.5) is 8.78 Å². The number of methoxy groups -OCH3 is 1. The molecule has 88 valence electrons. The highest BCUT2D eigenvalue weighted by atomic mass is 19.3. The molecule has 0 radical (unpaired) electrons. The van der Waals surface area contributed by atoms with Gasteiger partial charge in [-0.25, -0.2) is 0 Å². The predicted octanol–water partition coefficient (Wildman–Crippen LogP) is 2.43. The fourth-order valence-electron chi connectivity index (χ4n) is 1.29. The summed E-state index contributed by atoms with van der Waals surface area (Å²) in [4.78, 5) is 10.2. The van der Waals surface area contributed by atoms with Crippen LogP contribution >= 0.6 is 0 Å². The Bertz CT molecular complexity index is 353. The number of ether oxygens (including phenoxy) is 2. The van der Waals surface area contributed by atoms with Crippen LogP contribution in [0, 0.1) is 0 Å². The number of carbonyl (C=O) groups is 1. The van der Waals surface area contributed by atoms with Gasteiger partial charge in [-0.05, 0) is 24.1 Å². The zero-order chi connectivity index (χ0) is 12.0. The Morgan fingerprint density at radius 1 is 1.38 bits per heavy atom. The van der Waals surface area contributed by atoms with E-state index in [9.17, 15) is 13.6 Å². The molecule has 0 aliphatic carbocycles. The largest absolute Gasteiger partial charge is 0.493 e. The molecule has 0 aliphatic rings. The average molecular weight is 230 g/mol. The summed E-state index contributed by atoms with van der Waals surface area (Å²) in [6.45, 7) is -2.88. The van der Waals surface area contributed by atoms with Crippen molar-refractivity contribution in [3.05, 3.63) is 23.8 Å². The predicted molar refractivity (Wildman–Crippen MR) is 54.0 cm³/mol. The fourth-order valence-corrected chi connectivity index (χ4v) is 1.29. The van der Waals surface area contributed by atoms with Gasteiger partial charge in [0.25, 0.3) is 0 Å². The van der Waals surface area contributed by atoms with Crippen LogP contribution in [0.3, 0.4) is 0 Å². The highest BCUT2D eigenvalue weighted by Gasteiger charge is 2.10. The molecule has 0 aromatic heterocycles. The Kier molecular flexibility index (Phi) is 4.69. The van der Waals surface area contributed by atoms with Gasteiger partial charge in [0.1, 0.15) is 6.29 Å². The second kappa shape index (κ2) is 6.05. The van der Waals surface area contributed by atoms with E-state index in [-0.39, 0.29) is 11.5 Å².